The Balaban J connectivity index is 2.00. The van der Waals surface area contributed by atoms with E-state index in [2.05, 4.69) is 17.1 Å². The zero-order valence-electron chi connectivity index (χ0n) is 9.07. The Labute approximate surface area is 94.9 Å². The first-order valence-corrected chi connectivity index (χ1v) is 5.98. The fourth-order valence-electron chi connectivity index (χ4n) is 2.28. The van der Waals surface area contributed by atoms with Crippen molar-refractivity contribution >= 4 is 18.2 Å². The molecule has 0 aromatic carbocycles. The number of hydrogen-bond donors (Lipinski definition) is 2. The number of H-pyrrole nitrogens is 1. The number of rotatable bonds is 2. The highest BCUT2D eigenvalue weighted by atomic mass is 32.1. The minimum Gasteiger partial charge on any atom is -0.368 e. The molecule has 84 valence electrons. The molecule has 0 spiro atoms. The summed E-state index contributed by atoms with van der Waals surface area (Å²) in [5.74, 6) is 2.11. The molecule has 1 saturated carbocycles. The lowest BCUT2D eigenvalue weighted by Gasteiger charge is -2.26. The molecule has 15 heavy (non-hydrogen) atoms. The van der Waals surface area contributed by atoms with Crippen molar-refractivity contribution in [2.75, 3.05) is 5.73 Å². The number of hydrogen-bond acceptors (Lipinski definition) is 3. The van der Waals surface area contributed by atoms with Gasteiger partial charge < -0.3 is 5.73 Å². The number of nitrogens with two attached hydrogens (primary N) is 1. The Bertz CT molecular complexity index is 373. The first-order valence-electron chi connectivity index (χ1n) is 5.57. The van der Waals surface area contributed by atoms with Crippen molar-refractivity contribution in [1.29, 1.82) is 0 Å². The maximum Gasteiger partial charge on any atom is 0.220 e. The molecule has 2 rings (SSSR count). The van der Waals surface area contributed by atoms with Crippen molar-refractivity contribution in [3.63, 3.8) is 0 Å². The second-order valence-electron chi connectivity index (χ2n) is 4.62. The van der Waals surface area contributed by atoms with Gasteiger partial charge in [-0.25, -0.2) is 5.10 Å². The number of nitrogens with zero attached hydrogens (tertiary/aromatic N) is 2. The molecule has 1 aromatic rings. The standard InChI is InChI=1S/C10H18N4S/c1-7-2-4-8(5-3-7)6-14-9(11)12-13-10(14)15/h7-8H,2-6H2,1H3,(H2,11,12)(H,13,15). The summed E-state index contributed by atoms with van der Waals surface area (Å²) in [6.07, 6.45) is 5.23. The molecule has 4 nitrogen and oxygen atoms in total. The highest BCUT2D eigenvalue weighted by Gasteiger charge is 2.19. The predicted molar refractivity (Wildman–Crippen MR) is 62.9 cm³/mol. The van der Waals surface area contributed by atoms with E-state index >= 15 is 0 Å². The van der Waals surface area contributed by atoms with E-state index in [0.717, 1.165) is 12.5 Å². The van der Waals surface area contributed by atoms with Gasteiger partial charge in [0, 0.05) is 6.54 Å². The molecule has 1 heterocycles. The van der Waals surface area contributed by atoms with Gasteiger partial charge in [-0.15, -0.1) is 5.10 Å². The van der Waals surface area contributed by atoms with Gasteiger partial charge in [-0.3, -0.25) is 4.57 Å². The smallest absolute Gasteiger partial charge is 0.220 e. The first kappa shape index (κ1) is 10.7. The van der Waals surface area contributed by atoms with Crippen molar-refractivity contribution in [2.45, 2.75) is 39.2 Å². The summed E-state index contributed by atoms with van der Waals surface area (Å²) >= 11 is 5.13. The molecular weight excluding hydrogens is 208 g/mol. The lowest BCUT2D eigenvalue weighted by molar-refractivity contribution is 0.265. The molecule has 1 aliphatic rings. The van der Waals surface area contributed by atoms with E-state index < -0.39 is 0 Å². The van der Waals surface area contributed by atoms with Crippen LogP contribution in [-0.2, 0) is 6.54 Å². The lowest BCUT2D eigenvalue weighted by Crippen LogP contribution is -2.18. The van der Waals surface area contributed by atoms with Gasteiger partial charge in [0.15, 0.2) is 4.77 Å². The van der Waals surface area contributed by atoms with Gasteiger partial charge in [-0.2, -0.15) is 0 Å². The second-order valence-corrected chi connectivity index (χ2v) is 5.01. The highest BCUT2D eigenvalue weighted by Crippen LogP contribution is 2.29. The zero-order chi connectivity index (χ0) is 10.8. The van der Waals surface area contributed by atoms with Gasteiger partial charge in [0.1, 0.15) is 0 Å². The fourth-order valence-corrected chi connectivity index (χ4v) is 2.49. The van der Waals surface area contributed by atoms with Crippen LogP contribution in [0.3, 0.4) is 0 Å². The molecule has 3 N–H and O–H groups in total. The fraction of sp³-hybridized carbons (Fsp3) is 0.800. The van der Waals surface area contributed by atoms with Gasteiger partial charge in [0.25, 0.3) is 0 Å². The predicted octanol–water partition coefficient (Wildman–Crippen LogP) is 2.35. The Hall–Kier alpha value is -0.840. The van der Waals surface area contributed by atoms with Crippen molar-refractivity contribution in [3.8, 4) is 0 Å². The molecule has 0 amide bonds. The van der Waals surface area contributed by atoms with Gasteiger partial charge in [-0.05, 0) is 36.9 Å². The maximum absolute atomic E-state index is 5.74. The lowest BCUT2D eigenvalue weighted by atomic mass is 9.83. The Morgan fingerprint density at radius 1 is 1.47 bits per heavy atom. The molecule has 1 aliphatic carbocycles. The average molecular weight is 226 g/mol. The summed E-state index contributed by atoms with van der Waals surface area (Å²) in [5, 5.41) is 6.65. The van der Waals surface area contributed by atoms with Crippen molar-refractivity contribution in [1.82, 2.24) is 14.8 Å². The molecule has 0 unspecified atom stereocenters. The van der Waals surface area contributed by atoms with Crippen LogP contribution in [0.1, 0.15) is 32.6 Å². The summed E-state index contributed by atoms with van der Waals surface area (Å²) < 4.78 is 2.56. The van der Waals surface area contributed by atoms with E-state index in [4.69, 9.17) is 18.0 Å². The number of nitrogens with one attached hydrogen (secondary N) is 1. The molecule has 5 heteroatoms. The zero-order valence-corrected chi connectivity index (χ0v) is 9.89. The minimum absolute atomic E-state index is 0.513. The molecule has 1 aromatic heterocycles. The van der Waals surface area contributed by atoms with Gasteiger partial charge >= 0.3 is 0 Å². The summed E-state index contributed by atoms with van der Waals surface area (Å²) in [5.41, 5.74) is 5.74. The third-order valence-electron chi connectivity index (χ3n) is 3.36. The number of nitrogen functional groups attached to an aromatic ring is 1. The van der Waals surface area contributed by atoms with Crippen LogP contribution in [0.5, 0.6) is 0 Å². The van der Waals surface area contributed by atoms with Crippen LogP contribution in [0.4, 0.5) is 5.95 Å². The number of anilines is 1. The summed E-state index contributed by atoms with van der Waals surface area (Å²) in [7, 11) is 0. The largest absolute Gasteiger partial charge is 0.368 e. The highest BCUT2D eigenvalue weighted by molar-refractivity contribution is 7.71. The molecular formula is C10H18N4S. The van der Waals surface area contributed by atoms with Crippen LogP contribution < -0.4 is 5.73 Å². The van der Waals surface area contributed by atoms with Crippen LogP contribution in [0.2, 0.25) is 0 Å². The van der Waals surface area contributed by atoms with Crippen LogP contribution in [0.15, 0.2) is 0 Å². The summed E-state index contributed by atoms with van der Waals surface area (Å²) in [6.45, 7) is 3.25. The van der Waals surface area contributed by atoms with E-state index in [1.807, 2.05) is 4.57 Å². The van der Waals surface area contributed by atoms with Crippen LogP contribution in [0.25, 0.3) is 0 Å². The average Bonchev–Trinajstić information content (AvgIpc) is 2.53. The Morgan fingerprint density at radius 3 is 2.67 bits per heavy atom. The van der Waals surface area contributed by atoms with Crippen LogP contribution in [0, 0.1) is 16.6 Å². The summed E-state index contributed by atoms with van der Waals surface area (Å²) in [6, 6.07) is 0. The van der Waals surface area contributed by atoms with Crippen molar-refractivity contribution in [3.05, 3.63) is 4.77 Å². The van der Waals surface area contributed by atoms with Crippen LogP contribution >= 0.6 is 12.2 Å². The summed E-state index contributed by atoms with van der Waals surface area (Å²) in [4.78, 5) is 0. The van der Waals surface area contributed by atoms with Crippen LogP contribution in [-0.4, -0.2) is 14.8 Å². The first-order chi connectivity index (χ1) is 7.16. The van der Waals surface area contributed by atoms with Gasteiger partial charge in [0.2, 0.25) is 5.95 Å². The molecule has 1 fully saturated rings. The second kappa shape index (κ2) is 4.35. The van der Waals surface area contributed by atoms with E-state index in [0.29, 0.717) is 16.6 Å². The Morgan fingerprint density at radius 2 is 2.13 bits per heavy atom. The molecule has 0 aliphatic heterocycles. The van der Waals surface area contributed by atoms with E-state index in [9.17, 15) is 0 Å². The van der Waals surface area contributed by atoms with E-state index in [1.165, 1.54) is 25.7 Å². The third kappa shape index (κ3) is 2.40. The third-order valence-corrected chi connectivity index (χ3v) is 3.68. The minimum atomic E-state index is 0.513. The maximum atomic E-state index is 5.74. The molecule has 0 radical (unpaired) electrons. The number of aromatic nitrogens is 3. The SMILES string of the molecule is CC1CCC(Cn2c(N)n[nH]c2=S)CC1. The number of aromatic amines is 1. The van der Waals surface area contributed by atoms with Crippen molar-refractivity contribution < 1.29 is 0 Å². The molecule has 0 saturated heterocycles. The Kier molecular flexibility index (Phi) is 3.09. The quantitative estimate of drug-likeness (QED) is 0.761. The topological polar surface area (TPSA) is 59.6 Å². The van der Waals surface area contributed by atoms with Gasteiger partial charge in [-0.1, -0.05) is 19.8 Å². The van der Waals surface area contributed by atoms with Gasteiger partial charge in [0.05, 0.1) is 0 Å². The molecule has 0 atom stereocenters. The van der Waals surface area contributed by atoms with E-state index in [1.54, 1.807) is 0 Å². The van der Waals surface area contributed by atoms with Crippen molar-refractivity contribution in [2.24, 2.45) is 11.8 Å². The van der Waals surface area contributed by atoms with E-state index in [-0.39, 0.29) is 0 Å². The normalized spacial score (nSPS) is 26.7. The monoisotopic (exact) mass is 226 g/mol. The molecule has 0 bridgehead atoms.